The van der Waals surface area contributed by atoms with Gasteiger partial charge < -0.3 is 13.9 Å². The van der Waals surface area contributed by atoms with Crippen LogP contribution in [0.3, 0.4) is 0 Å². The molecule has 0 aliphatic rings. The Morgan fingerprint density at radius 2 is 1.57 bits per heavy atom. The second-order valence-electron chi connectivity index (χ2n) is 15.5. The Morgan fingerprint density at radius 1 is 0.887 bits per heavy atom. The molecule has 3 aromatic carbocycles. The third-order valence-electron chi connectivity index (χ3n) is 10.3. The summed E-state index contributed by atoms with van der Waals surface area (Å²) in [5.41, 5.74) is 8.11. The van der Waals surface area contributed by atoms with Crippen molar-refractivity contribution in [1.29, 1.82) is 0 Å². The molecule has 5 nitrogen and oxygen atoms in total. The van der Waals surface area contributed by atoms with Gasteiger partial charge in [-0.05, 0) is 73.6 Å². The molecule has 0 fully saturated rings. The molecule has 0 atom stereocenters. The van der Waals surface area contributed by atoms with Crippen LogP contribution in [0, 0.1) is 30.7 Å². The van der Waals surface area contributed by atoms with E-state index in [2.05, 4.69) is 102 Å². The van der Waals surface area contributed by atoms with Crippen molar-refractivity contribution in [1.82, 2.24) is 4.98 Å². The zero-order chi connectivity index (χ0) is 37.7. The Labute approximate surface area is 329 Å². The maximum Gasteiger partial charge on any atom is 0.219 e. The number of benzene rings is 3. The number of carbonyl (C=O) groups is 1. The van der Waals surface area contributed by atoms with E-state index in [1.165, 1.54) is 28.0 Å². The second-order valence-corrected chi connectivity index (χ2v) is 15.5. The number of nitrogens with zero attached hydrogens (tertiary/aromatic N) is 1. The standard InChI is InChI=1S/C34H32NO2.C13H24O2.Ir/c1-20(2)15-28-21(3)37-32-18-23(11-12-26(28)32)29-19-31(35-33-27(29)13-14-36-33)24-16-22-9-7-8-10-25(22)30(17-24)34(4,5)6;1-5-10(6-2)12(14)9-13(15)11(7-3)8-4;/h7-14,17-20H,15H2,1-6H3;9-11,14H,5-8H2,1-4H3;/q-1;;/b;12-9-;. The molecule has 6 heteroatoms. The number of carbonyl (C=O) groups excluding carboxylic acids is 1. The topological polar surface area (TPSA) is 76.5 Å². The Hall–Kier alpha value is -3.99. The first-order chi connectivity index (χ1) is 24.8. The fraction of sp³-hybridized carbons (Fsp3) is 0.404. The minimum atomic E-state index is -0.0169. The van der Waals surface area contributed by atoms with Crippen LogP contribution >= 0.6 is 0 Å². The van der Waals surface area contributed by atoms with Crippen LogP contribution in [0.2, 0.25) is 0 Å². The van der Waals surface area contributed by atoms with Crippen LogP contribution in [0.15, 0.2) is 87.6 Å². The quantitative estimate of drug-likeness (QED) is 0.0797. The third-order valence-corrected chi connectivity index (χ3v) is 10.3. The molecule has 1 radical (unpaired) electrons. The number of pyridine rings is 1. The van der Waals surface area contributed by atoms with Crippen LogP contribution in [0.4, 0.5) is 0 Å². The van der Waals surface area contributed by atoms with Crippen LogP contribution in [0.1, 0.15) is 105 Å². The molecule has 0 spiro atoms. The van der Waals surface area contributed by atoms with Crippen molar-refractivity contribution in [3.8, 4) is 22.4 Å². The van der Waals surface area contributed by atoms with Crippen molar-refractivity contribution in [3.05, 3.63) is 102 Å². The first-order valence-electron chi connectivity index (χ1n) is 19.1. The molecule has 1 N–H and O–H groups in total. The molecule has 3 heterocycles. The van der Waals surface area contributed by atoms with Crippen molar-refractivity contribution in [2.24, 2.45) is 17.8 Å². The number of aryl methyl sites for hydroxylation is 1. The van der Waals surface area contributed by atoms with Gasteiger partial charge in [-0.2, -0.15) is 0 Å². The Balaban J connectivity index is 0.000000335. The maximum atomic E-state index is 11.7. The monoisotopic (exact) mass is 891 g/mol. The minimum absolute atomic E-state index is 0. The molecule has 0 unspecified atom stereocenters. The molecule has 3 aromatic heterocycles. The number of allylic oxidation sites excluding steroid dienone is 2. The predicted octanol–water partition coefficient (Wildman–Crippen LogP) is 13.5. The van der Waals surface area contributed by atoms with Crippen molar-refractivity contribution in [3.63, 3.8) is 0 Å². The fourth-order valence-electron chi connectivity index (χ4n) is 7.20. The smallest absolute Gasteiger partial charge is 0.219 e. The van der Waals surface area contributed by atoms with Gasteiger partial charge in [0.1, 0.15) is 11.3 Å². The van der Waals surface area contributed by atoms with E-state index in [0.29, 0.717) is 11.6 Å². The van der Waals surface area contributed by atoms with Gasteiger partial charge in [0.25, 0.3) is 0 Å². The molecule has 0 bridgehead atoms. The number of fused-ring (bicyclic) bond motifs is 3. The van der Waals surface area contributed by atoms with Crippen LogP contribution < -0.4 is 0 Å². The normalized spacial score (nSPS) is 12.2. The van der Waals surface area contributed by atoms with E-state index in [4.69, 9.17) is 13.8 Å². The van der Waals surface area contributed by atoms with Crippen molar-refractivity contribution in [2.75, 3.05) is 0 Å². The molecule has 53 heavy (non-hydrogen) atoms. The summed E-state index contributed by atoms with van der Waals surface area (Å²) in [7, 11) is 0. The van der Waals surface area contributed by atoms with E-state index in [0.717, 1.165) is 76.6 Å². The van der Waals surface area contributed by atoms with Gasteiger partial charge in [0, 0.05) is 60.0 Å². The van der Waals surface area contributed by atoms with E-state index in [-0.39, 0.29) is 48.9 Å². The SMILES string of the molecule is CCC(CC)C(=O)/C=C(\O)C(CC)CC.Cc1oc2cc(-c3cc(-c4[c-]c5ccccc5c(C(C)(C)C)c4)nc4occc34)ccc2c1CC(C)C.[Ir]. The van der Waals surface area contributed by atoms with Gasteiger partial charge in [-0.3, -0.25) is 9.78 Å². The number of rotatable bonds is 11. The van der Waals surface area contributed by atoms with E-state index in [9.17, 15) is 9.90 Å². The summed E-state index contributed by atoms with van der Waals surface area (Å²) >= 11 is 0. The molecule has 0 aliphatic carbocycles. The zero-order valence-electron chi connectivity index (χ0n) is 33.1. The largest absolute Gasteiger partial charge is 0.512 e. The average molecular weight is 891 g/mol. The Kier molecular flexibility index (Phi) is 14.1. The van der Waals surface area contributed by atoms with Gasteiger partial charge in [0.05, 0.1) is 12.0 Å². The number of hydrogen-bond acceptors (Lipinski definition) is 5. The third kappa shape index (κ3) is 9.39. The van der Waals surface area contributed by atoms with Crippen molar-refractivity contribution < 1.29 is 38.8 Å². The number of aromatic nitrogens is 1. The molecular weight excluding hydrogens is 835 g/mol. The van der Waals surface area contributed by atoms with E-state index >= 15 is 0 Å². The molecule has 0 saturated heterocycles. The summed E-state index contributed by atoms with van der Waals surface area (Å²) in [4.78, 5) is 16.6. The number of aliphatic hydroxyl groups is 1. The molecule has 0 aliphatic heterocycles. The number of ketones is 1. The summed E-state index contributed by atoms with van der Waals surface area (Å²) in [6.07, 6.45) is 7.63. The number of aliphatic hydroxyl groups excluding tert-OH is 1. The van der Waals surface area contributed by atoms with Crippen LogP contribution in [-0.2, 0) is 36.7 Å². The van der Waals surface area contributed by atoms with Crippen LogP contribution in [-0.4, -0.2) is 15.9 Å². The first-order valence-corrected chi connectivity index (χ1v) is 19.1. The fourth-order valence-corrected chi connectivity index (χ4v) is 7.20. The molecule has 283 valence electrons. The van der Waals surface area contributed by atoms with Gasteiger partial charge in [-0.25, -0.2) is 0 Å². The van der Waals surface area contributed by atoms with E-state index in [1.54, 1.807) is 6.26 Å². The first kappa shape index (κ1) is 41.8. The van der Waals surface area contributed by atoms with Gasteiger partial charge in [0.15, 0.2) is 5.78 Å². The van der Waals surface area contributed by atoms with Crippen LogP contribution in [0.5, 0.6) is 0 Å². The predicted molar refractivity (Wildman–Crippen MR) is 217 cm³/mol. The van der Waals surface area contributed by atoms with Crippen LogP contribution in [0.25, 0.3) is 55.2 Å². The summed E-state index contributed by atoms with van der Waals surface area (Å²) in [6.45, 7) is 21.4. The molecule has 0 amide bonds. The maximum absolute atomic E-state index is 11.7. The number of furan rings is 2. The zero-order valence-corrected chi connectivity index (χ0v) is 35.5. The summed E-state index contributed by atoms with van der Waals surface area (Å²) in [6, 6.07) is 25.0. The van der Waals surface area contributed by atoms with E-state index in [1.807, 2.05) is 33.8 Å². The van der Waals surface area contributed by atoms with Crippen molar-refractivity contribution in [2.45, 2.75) is 107 Å². The summed E-state index contributed by atoms with van der Waals surface area (Å²) < 4.78 is 12.1. The molecule has 0 saturated carbocycles. The van der Waals surface area contributed by atoms with Gasteiger partial charge in [-0.15, -0.1) is 29.1 Å². The Bertz CT molecular complexity index is 2190. The number of hydrogen-bond donors (Lipinski definition) is 1. The summed E-state index contributed by atoms with van der Waals surface area (Å²) in [5, 5.41) is 14.3. The van der Waals surface area contributed by atoms with Gasteiger partial charge in [0.2, 0.25) is 5.71 Å². The molecular formula is C47H56IrNO4-. The minimum Gasteiger partial charge on any atom is -0.512 e. The van der Waals surface area contributed by atoms with Gasteiger partial charge >= 0.3 is 0 Å². The average Bonchev–Trinajstić information content (AvgIpc) is 3.71. The molecule has 6 rings (SSSR count). The molecule has 6 aromatic rings. The Morgan fingerprint density at radius 3 is 2.21 bits per heavy atom. The van der Waals surface area contributed by atoms with Crippen molar-refractivity contribution >= 4 is 38.6 Å². The summed E-state index contributed by atoms with van der Waals surface area (Å²) in [5.74, 6) is 2.13. The van der Waals surface area contributed by atoms with Gasteiger partial charge in [-0.1, -0.05) is 110 Å². The van der Waals surface area contributed by atoms with E-state index < -0.39 is 0 Å². The second kappa shape index (κ2) is 17.9.